The lowest BCUT2D eigenvalue weighted by atomic mass is 9.49. The SMILES string of the molecule is O=C(NCC12CC3CC(CC(C3)C1)C2)c1cncc(Br)c1. The highest BCUT2D eigenvalue weighted by molar-refractivity contribution is 9.10. The highest BCUT2D eigenvalue weighted by Crippen LogP contribution is 2.59. The number of carbonyl (C=O) groups is 1. The summed E-state index contributed by atoms with van der Waals surface area (Å²) in [5.74, 6) is 2.81. The molecule has 4 saturated carbocycles. The molecule has 21 heavy (non-hydrogen) atoms. The summed E-state index contributed by atoms with van der Waals surface area (Å²) in [4.78, 5) is 16.4. The van der Waals surface area contributed by atoms with Crippen molar-refractivity contribution in [3.05, 3.63) is 28.5 Å². The number of pyridine rings is 1. The molecule has 0 aromatic carbocycles. The monoisotopic (exact) mass is 348 g/mol. The van der Waals surface area contributed by atoms with Crippen molar-refractivity contribution in [1.82, 2.24) is 10.3 Å². The maximum Gasteiger partial charge on any atom is 0.252 e. The standard InChI is InChI=1S/C17H21BrN2O/c18-15-4-14(8-19-9-15)16(21)20-10-17-5-11-1-12(6-17)3-13(2-11)7-17/h4,8-9,11-13H,1-3,5-7,10H2,(H,20,21). The smallest absolute Gasteiger partial charge is 0.252 e. The predicted octanol–water partition coefficient (Wildman–Crippen LogP) is 3.79. The van der Waals surface area contributed by atoms with Crippen LogP contribution in [0.15, 0.2) is 22.9 Å². The van der Waals surface area contributed by atoms with Crippen LogP contribution in [0.5, 0.6) is 0 Å². The van der Waals surface area contributed by atoms with Crippen molar-refractivity contribution < 1.29 is 4.79 Å². The lowest BCUT2D eigenvalue weighted by molar-refractivity contribution is -0.0503. The minimum atomic E-state index is 0.0135. The van der Waals surface area contributed by atoms with Crippen molar-refractivity contribution in [3.8, 4) is 0 Å². The maximum absolute atomic E-state index is 12.3. The Morgan fingerprint density at radius 2 is 1.81 bits per heavy atom. The summed E-state index contributed by atoms with van der Waals surface area (Å²) in [6.45, 7) is 0.849. The van der Waals surface area contributed by atoms with Crippen molar-refractivity contribution in [2.45, 2.75) is 38.5 Å². The van der Waals surface area contributed by atoms with Gasteiger partial charge >= 0.3 is 0 Å². The molecule has 4 aliphatic carbocycles. The van der Waals surface area contributed by atoms with Gasteiger partial charge in [-0.05, 0) is 83.7 Å². The summed E-state index contributed by atoms with van der Waals surface area (Å²) in [6, 6.07) is 1.84. The molecule has 1 amide bonds. The van der Waals surface area contributed by atoms with E-state index in [0.717, 1.165) is 28.8 Å². The molecule has 0 spiro atoms. The maximum atomic E-state index is 12.3. The van der Waals surface area contributed by atoms with E-state index in [1.807, 2.05) is 6.07 Å². The average Bonchev–Trinajstić information content (AvgIpc) is 2.43. The van der Waals surface area contributed by atoms with Gasteiger partial charge < -0.3 is 5.32 Å². The minimum Gasteiger partial charge on any atom is -0.351 e. The number of aromatic nitrogens is 1. The lowest BCUT2D eigenvalue weighted by Gasteiger charge is -2.56. The van der Waals surface area contributed by atoms with Gasteiger partial charge in [0.15, 0.2) is 0 Å². The second-order valence-electron chi connectivity index (χ2n) is 7.49. The number of halogens is 1. The van der Waals surface area contributed by atoms with Gasteiger partial charge in [0.2, 0.25) is 0 Å². The van der Waals surface area contributed by atoms with Crippen molar-refractivity contribution >= 4 is 21.8 Å². The van der Waals surface area contributed by atoms with E-state index in [1.54, 1.807) is 12.4 Å². The van der Waals surface area contributed by atoms with Gasteiger partial charge in [-0.1, -0.05) is 0 Å². The molecule has 112 valence electrons. The molecule has 0 unspecified atom stereocenters. The number of rotatable bonds is 3. The molecule has 0 radical (unpaired) electrons. The molecule has 1 heterocycles. The normalized spacial score (nSPS) is 36.7. The Morgan fingerprint density at radius 1 is 1.19 bits per heavy atom. The fourth-order valence-electron chi connectivity index (χ4n) is 5.41. The van der Waals surface area contributed by atoms with Crippen LogP contribution in [0.25, 0.3) is 0 Å². The third kappa shape index (κ3) is 2.63. The molecule has 1 N–H and O–H groups in total. The molecule has 3 nitrogen and oxygen atoms in total. The highest BCUT2D eigenvalue weighted by atomic mass is 79.9. The Balaban J connectivity index is 1.44. The fourth-order valence-corrected chi connectivity index (χ4v) is 5.78. The quantitative estimate of drug-likeness (QED) is 0.902. The topological polar surface area (TPSA) is 42.0 Å². The first-order valence-corrected chi connectivity index (χ1v) is 8.80. The molecular weight excluding hydrogens is 328 g/mol. The van der Waals surface area contributed by atoms with Crippen LogP contribution in [0.4, 0.5) is 0 Å². The third-order valence-corrected chi connectivity index (χ3v) is 6.19. The predicted molar refractivity (Wildman–Crippen MR) is 84.9 cm³/mol. The van der Waals surface area contributed by atoms with Crippen LogP contribution < -0.4 is 5.32 Å². The molecule has 0 aliphatic heterocycles. The number of hydrogen-bond donors (Lipinski definition) is 1. The van der Waals surface area contributed by atoms with E-state index in [9.17, 15) is 4.79 Å². The minimum absolute atomic E-state index is 0.0135. The largest absolute Gasteiger partial charge is 0.351 e. The van der Waals surface area contributed by atoms with E-state index in [0.29, 0.717) is 11.0 Å². The number of amides is 1. The zero-order valence-electron chi connectivity index (χ0n) is 12.1. The van der Waals surface area contributed by atoms with Crippen LogP contribution in [-0.4, -0.2) is 17.4 Å². The summed E-state index contributed by atoms with van der Waals surface area (Å²) in [5, 5.41) is 3.18. The van der Waals surface area contributed by atoms with E-state index in [4.69, 9.17) is 0 Å². The zero-order chi connectivity index (χ0) is 14.4. The molecule has 1 aromatic heterocycles. The van der Waals surface area contributed by atoms with Crippen LogP contribution in [0.1, 0.15) is 48.9 Å². The summed E-state index contributed by atoms with van der Waals surface area (Å²) in [5.41, 5.74) is 1.04. The molecule has 0 atom stereocenters. The third-order valence-electron chi connectivity index (χ3n) is 5.76. The van der Waals surface area contributed by atoms with Gasteiger partial charge in [0, 0.05) is 23.4 Å². The van der Waals surface area contributed by atoms with Crippen molar-refractivity contribution in [1.29, 1.82) is 0 Å². The molecular formula is C17H21BrN2O. The van der Waals surface area contributed by atoms with Crippen LogP contribution >= 0.6 is 15.9 Å². The van der Waals surface area contributed by atoms with Gasteiger partial charge in [-0.15, -0.1) is 0 Å². The number of nitrogens with zero attached hydrogens (tertiary/aromatic N) is 1. The highest BCUT2D eigenvalue weighted by Gasteiger charge is 2.50. The van der Waals surface area contributed by atoms with Crippen LogP contribution in [0.3, 0.4) is 0 Å². The van der Waals surface area contributed by atoms with E-state index in [1.165, 1.54) is 38.5 Å². The summed E-state index contributed by atoms with van der Waals surface area (Å²) < 4.78 is 0.852. The van der Waals surface area contributed by atoms with Crippen molar-refractivity contribution in [3.63, 3.8) is 0 Å². The fraction of sp³-hybridized carbons (Fsp3) is 0.647. The Labute approximate surface area is 134 Å². The molecule has 4 fully saturated rings. The van der Waals surface area contributed by atoms with E-state index in [2.05, 4.69) is 26.2 Å². The van der Waals surface area contributed by atoms with Crippen LogP contribution in [0.2, 0.25) is 0 Å². The van der Waals surface area contributed by atoms with Crippen LogP contribution in [0, 0.1) is 23.2 Å². The van der Waals surface area contributed by atoms with Gasteiger partial charge in [0.25, 0.3) is 5.91 Å². The van der Waals surface area contributed by atoms with Gasteiger partial charge in [-0.2, -0.15) is 0 Å². The summed E-state index contributed by atoms with van der Waals surface area (Å²) in [7, 11) is 0. The van der Waals surface area contributed by atoms with Gasteiger partial charge in [-0.25, -0.2) is 0 Å². The molecule has 4 heteroatoms. The van der Waals surface area contributed by atoms with E-state index >= 15 is 0 Å². The summed E-state index contributed by atoms with van der Waals surface area (Å²) >= 11 is 3.37. The lowest BCUT2D eigenvalue weighted by Crippen LogP contribution is -2.51. The molecule has 4 bridgehead atoms. The Morgan fingerprint density at radius 3 is 2.38 bits per heavy atom. The molecule has 1 aromatic rings. The first-order chi connectivity index (χ1) is 10.1. The number of carbonyl (C=O) groups excluding carboxylic acids is 1. The van der Waals surface area contributed by atoms with Gasteiger partial charge in [0.1, 0.15) is 0 Å². The Bertz CT molecular complexity index is 536. The number of hydrogen-bond acceptors (Lipinski definition) is 2. The summed E-state index contributed by atoms with van der Waals surface area (Å²) in [6.07, 6.45) is 11.7. The first-order valence-electron chi connectivity index (χ1n) is 8.01. The van der Waals surface area contributed by atoms with Crippen LogP contribution in [-0.2, 0) is 0 Å². The van der Waals surface area contributed by atoms with Crippen molar-refractivity contribution in [2.75, 3.05) is 6.54 Å². The second-order valence-corrected chi connectivity index (χ2v) is 8.41. The average molecular weight is 349 g/mol. The van der Waals surface area contributed by atoms with Crippen molar-refractivity contribution in [2.24, 2.45) is 23.2 Å². The molecule has 0 saturated heterocycles. The van der Waals surface area contributed by atoms with Gasteiger partial charge in [0.05, 0.1) is 5.56 Å². The molecule has 5 rings (SSSR count). The zero-order valence-corrected chi connectivity index (χ0v) is 13.7. The Hall–Kier alpha value is -0.900. The van der Waals surface area contributed by atoms with Gasteiger partial charge in [-0.3, -0.25) is 9.78 Å². The van der Waals surface area contributed by atoms with E-state index in [-0.39, 0.29) is 5.91 Å². The second kappa shape index (κ2) is 5.08. The number of nitrogens with one attached hydrogen (secondary N) is 1. The Kier molecular flexibility index (Phi) is 3.32. The first kappa shape index (κ1) is 13.7. The molecule has 4 aliphatic rings. The van der Waals surface area contributed by atoms with E-state index < -0.39 is 0 Å².